The molecule has 1 heterocycles. The van der Waals surface area contributed by atoms with Gasteiger partial charge in [-0.3, -0.25) is 4.79 Å². The number of hydrogen-bond acceptors (Lipinski definition) is 6. The van der Waals surface area contributed by atoms with E-state index < -0.39 is 12.1 Å². The van der Waals surface area contributed by atoms with Crippen molar-refractivity contribution in [3.63, 3.8) is 0 Å². The van der Waals surface area contributed by atoms with Gasteiger partial charge in [0.15, 0.2) is 10.9 Å². The summed E-state index contributed by atoms with van der Waals surface area (Å²) in [4.78, 5) is 29.3. The number of ether oxygens (including phenoxy) is 3. The molecule has 1 atom stereocenters. The SMILES string of the molecule is COCCn1c(=NC(=O)C(C)Oc2ccccc2)sc2cc(C(=O)OC)ccc21. The number of benzene rings is 2. The first-order chi connectivity index (χ1) is 14.0. The van der Waals surface area contributed by atoms with Gasteiger partial charge in [0.25, 0.3) is 5.91 Å². The van der Waals surface area contributed by atoms with Crippen molar-refractivity contribution < 1.29 is 23.8 Å². The number of fused-ring (bicyclic) bond motifs is 1. The summed E-state index contributed by atoms with van der Waals surface area (Å²) in [6.07, 6.45) is -0.732. The highest BCUT2D eigenvalue weighted by molar-refractivity contribution is 7.16. The smallest absolute Gasteiger partial charge is 0.337 e. The van der Waals surface area contributed by atoms with E-state index in [1.165, 1.54) is 18.4 Å². The number of carbonyl (C=O) groups excluding carboxylic acids is 2. The van der Waals surface area contributed by atoms with Crippen molar-refractivity contribution in [2.45, 2.75) is 19.6 Å². The summed E-state index contributed by atoms with van der Waals surface area (Å²) in [5, 5.41) is 0. The fraction of sp³-hybridized carbons (Fsp3) is 0.286. The first-order valence-corrected chi connectivity index (χ1v) is 9.86. The molecule has 0 saturated carbocycles. The summed E-state index contributed by atoms with van der Waals surface area (Å²) in [5.74, 6) is -0.196. The summed E-state index contributed by atoms with van der Waals surface area (Å²) < 4.78 is 18.4. The highest BCUT2D eigenvalue weighted by atomic mass is 32.1. The first kappa shape index (κ1) is 20.8. The van der Waals surface area contributed by atoms with Gasteiger partial charge in [0.2, 0.25) is 0 Å². The molecule has 0 radical (unpaired) electrons. The Morgan fingerprint density at radius 2 is 1.90 bits per heavy atom. The molecule has 0 aliphatic rings. The van der Waals surface area contributed by atoms with Crippen molar-refractivity contribution in [3.05, 3.63) is 58.9 Å². The van der Waals surface area contributed by atoms with E-state index >= 15 is 0 Å². The third kappa shape index (κ3) is 4.90. The monoisotopic (exact) mass is 414 g/mol. The summed E-state index contributed by atoms with van der Waals surface area (Å²) in [7, 11) is 2.95. The molecular weight excluding hydrogens is 392 g/mol. The largest absolute Gasteiger partial charge is 0.481 e. The van der Waals surface area contributed by atoms with E-state index in [2.05, 4.69) is 4.99 Å². The summed E-state index contributed by atoms with van der Waals surface area (Å²) >= 11 is 1.33. The zero-order valence-corrected chi connectivity index (χ0v) is 17.3. The van der Waals surface area contributed by atoms with E-state index in [4.69, 9.17) is 14.2 Å². The number of amides is 1. The Morgan fingerprint density at radius 3 is 2.59 bits per heavy atom. The van der Waals surface area contributed by atoms with Crippen molar-refractivity contribution in [2.75, 3.05) is 20.8 Å². The van der Waals surface area contributed by atoms with Gasteiger partial charge >= 0.3 is 5.97 Å². The van der Waals surface area contributed by atoms with Gasteiger partial charge in [-0.15, -0.1) is 0 Å². The van der Waals surface area contributed by atoms with Gasteiger partial charge in [-0.25, -0.2) is 4.79 Å². The number of carbonyl (C=O) groups is 2. The van der Waals surface area contributed by atoms with Crippen molar-refractivity contribution in [1.82, 2.24) is 4.57 Å². The van der Waals surface area contributed by atoms with Gasteiger partial charge in [0.05, 0.1) is 29.5 Å². The van der Waals surface area contributed by atoms with Crippen molar-refractivity contribution in [2.24, 2.45) is 4.99 Å². The van der Waals surface area contributed by atoms with Gasteiger partial charge < -0.3 is 18.8 Å². The molecule has 2 aromatic carbocycles. The average Bonchev–Trinajstić information content (AvgIpc) is 3.08. The lowest BCUT2D eigenvalue weighted by molar-refractivity contribution is -0.124. The lowest BCUT2D eigenvalue weighted by Gasteiger charge is -2.10. The first-order valence-electron chi connectivity index (χ1n) is 9.04. The molecule has 0 aliphatic heterocycles. The van der Waals surface area contributed by atoms with Gasteiger partial charge in [-0.1, -0.05) is 29.5 Å². The molecular formula is C21H22N2O5S. The number of nitrogens with zero attached hydrogens (tertiary/aromatic N) is 2. The van der Waals surface area contributed by atoms with Gasteiger partial charge in [0, 0.05) is 13.7 Å². The topological polar surface area (TPSA) is 79.1 Å². The molecule has 8 heteroatoms. The Labute approximate surface area is 172 Å². The molecule has 7 nitrogen and oxygen atoms in total. The number of thiazole rings is 1. The summed E-state index contributed by atoms with van der Waals surface area (Å²) in [6.45, 7) is 2.65. The van der Waals surface area contributed by atoms with E-state index in [0.29, 0.717) is 29.3 Å². The van der Waals surface area contributed by atoms with Crippen LogP contribution in [-0.2, 0) is 20.8 Å². The second kappa shape index (κ2) is 9.49. The Hall–Kier alpha value is -2.97. The fourth-order valence-corrected chi connectivity index (χ4v) is 3.84. The van der Waals surface area contributed by atoms with Crippen LogP contribution in [0, 0.1) is 0 Å². The maximum atomic E-state index is 12.6. The fourth-order valence-electron chi connectivity index (χ4n) is 2.74. The van der Waals surface area contributed by atoms with Crippen LogP contribution < -0.4 is 9.54 Å². The predicted molar refractivity (Wildman–Crippen MR) is 110 cm³/mol. The number of rotatable bonds is 7. The van der Waals surface area contributed by atoms with Crippen molar-refractivity contribution >= 4 is 33.4 Å². The highest BCUT2D eigenvalue weighted by Crippen LogP contribution is 2.20. The number of para-hydroxylation sites is 1. The second-order valence-corrected chi connectivity index (χ2v) is 7.24. The Balaban J connectivity index is 1.96. The molecule has 0 aliphatic carbocycles. The van der Waals surface area contributed by atoms with Crippen LogP contribution in [0.5, 0.6) is 5.75 Å². The minimum absolute atomic E-state index is 0.389. The quantitative estimate of drug-likeness (QED) is 0.555. The molecule has 3 rings (SSSR count). The van der Waals surface area contributed by atoms with E-state index in [-0.39, 0.29) is 5.91 Å². The van der Waals surface area contributed by atoms with E-state index in [1.54, 1.807) is 38.3 Å². The molecule has 0 saturated heterocycles. The van der Waals surface area contributed by atoms with Crippen molar-refractivity contribution in [3.8, 4) is 5.75 Å². The van der Waals surface area contributed by atoms with Gasteiger partial charge in [0.1, 0.15) is 5.75 Å². The van der Waals surface area contributed by atoms with Gasteiger partial charge in [-0.05, 0) is 37.3 Å². The Bertz CT molecular complexity index is 1070. The normalized spacial score (nSPS) is 12.7. The molecule has 29 heavy (non-hydrogen) atoms. The maximum Gasteiger partial charge on any atom is 0.337 e. The maximum absolute atomic E-state index is 12.6. The van der Waals surface area contributed by atoms with Crippen LogP contribution in [0.2, 0.25) is 0 Å². The molecule has 3 aromatic rings. The standard InChI is InChI=1S/C21H22N2O5S/c1-14(28-16-7-5-4-6-8-16)19(24)22-21-23(11-12-26-2)17-10-9-15(20(25)27-3)13-18(17)29-21/h4-10,13-14H,11-12H2,1-3H3. The Kier molecular flexibility index (Phi) is 6.79. The van der Waals surface area contributed by atoms with Crippen LogP contribution in [-0.4, -0.2) is 43.4 Å². The zero-order chi connectivity index (χ0) is 20.8. The lowest BCUT2D eigenvalue weighted by atomic mass is 10.2. The zero-order valence-electron chi connectivity index (χ0n) is 16.5. The molecule has 0 spiro atoms. The molecule has 1 amide bonds. The summed E-state index contributed by atoms with van der Waals surface area (Å²) in [5.41, 5.74) is 1.31. The molecule has 152 valence electrons. The summed E-state index contributed by atoms with van der Waals surface area (Å²) in [6, 6.07) is 14.4. The van der Waals surface area contributed by atoms with E-state index in [1.807, 2.05) is 28.8 Å². The molecule has 1 unspecified atom stereocenters. The average molecular weight is 414 g/mol. The van der Waals surface area contributed by atoms with Crippen LogP contribution >= 0.6 is 11.3 Å². The third-order valence-electron chi connectivity index (χ3n) is 4.23. The second-order valence-electron chi connectivity index (χ2n) is 6.23. The van der Waals surface area contributed by atoms with Crippen molar-refractivity contribution in [1.29, 1.82) is 0 Å². The van der Waals surface area contributed by atoms with E-state index in [9.17, 15) is 9.59 Å². The van der Waals surface area contributed by atoms with Crippen LogP contribution in [0.25, 0.3) is 10.2 Å². The number of aromatic nitrogens is 1. The molecule has 0 N–H and O–H groups in total. The lowest BCUT2D eigenvalue weighted by Crippen LogP contribution is -2.26. The van der Waals surface area contributed by atoms with Crippen LogP contribution in [0.15, 0.2) is 53.5 Å². The predicted octanol–water partition coefficient (Wildman–Crippen LogP) is 3.03. The molecule has 0 fully saturated rings. The van der Waals surface area contributed by atoms with Crippen LogP contribution in [0.3, 0.4) is 0 Å². The minimum Gasteiger partial charge on any atom is -0.481 e. The van der Waals surface area contributed by atoms with Crippen LogP contribution in [0.1, 0.15) is 17.3 Å². The van der Waals surface area contributed by atoms with Crippen LogP contribution in [0.4, 0.5) is 0 Å². The van der Waals surface area contributed by atoms with Gasteiger partial charge in [-0.2, -0.15) is 4.99 Å². The number of hydrogen-bond donors (Lipinski definition) is 0. The highest BCUT2D eigenvalue weighted by Gasteiger charge is 2.16. The minimum atomic E-state index is -0.732. The number of methoxy groups -OCH3 is 2. The molecule has 1 aromatic heterocycles. The number of esters is 1. The molecule has 0 bridgehead atoms. The van der Waals surface area contributed by atoms with E-state index in [0.717, 1.165) is 10.2 Å². The Morgan fingerprint density at radius 1 is 1.14 bits per heavy atom. The third-order valence-corrected chi connectivity index (χ3v) is 5.27.